The number of carbonyl (C=O) groups excluding carboxylic acids is 2. The number of hydrogen-bond acceptors (Lipinski definition) is 5. The zero-order valence-electron chi connectivity index (χ0n) is 11.0. The van der Waals surface area contributed by atoms with E-state index in [1.807, 2.05) is 0 Å². The molecule has 0 spiro atoms. The molecule has 20 heavy (non-hydrogen) atoms. The molecule has 0 unspecified atom stereocenters. The SMILES string of the molecule is COc1ccc(NC(=O)C2=C(N)C(=O)N=C2SC)cc1. The van der Waals surface area contributed by atoms with Crippen LogP contribution in [0.3, 0.4) is 0 Å². The zero-order valence-corrected chi connectivity index (χ0v) is 11.8. The predicted molar refractivity (Wildman–Crippen MR) is 78.8 cm³/mol. The molecule has 2 rings (SSSR count). The molecule has 0 bridgehead atoms. The highest BCUT2D eigenvalue weighted by Gasteiger charge is 2.29. The van der Waals surface area contributed by atoms with Crippen molar-refractivity contribution in [3.05, 3.63) is 35.5 Å². The van der Waals surface area contributed by atoms with Crippen molar-refractivity contribution < 1.29 is 14.3 Å². The van der Waals surface area contributed by atoms with E-state index in [-0.39, 0.29) is 11.3 Å². The van der Waals surface area contributed by atoms with E-state index in [1.165, 1.54) is 11.8 Å². The second-order valence-corrected chi connectivity index (χ2v) is 4.69. The maximum absolute atomic E-state index is 12.2. The number of thioether (sulfide) groups is 1. The number of benzene rings is 1. The third kappa shape index (κ3) is 2.67. The molecule has 0 aliphatic carbocycles. The molecule has 0 saturated carbocycles. The number of rotatable bonds is 3. The Labute approximate surface area is 120 Å². The van der Waals surface area contributed by atoms with Crippen LogP contribution in [0.15, 0.2) is 40.5 Å². The Morgan fingerprint density at radius 2 is 2.00 bits per heavy atom. The van der Waals surface area contributed by atoms with Crippen molar-refractivity contribution in [2.45, 2.75) is 0 Å². The van der Waals surface area contributed by atoms with Gasteiger partial charge >= 0.3 is 0 Å². The van der Waals surface area contributed by atoms with Gasteiger partial charge in [-0.05, 0) is 30.5 Å². The first kappa shape index (κ1) is 14.1. The normalized spacial score (nSPS) is 14.3. The molecule has 3 N–H and O–H groups in total. The van der Waals surface area contributed by atoms with Crippen LogP contribution < -0.4 is 15.8 Å². The minimum absolute atomic E-state index is 0.123. The average molecular weight is 291 g/mol. The van der Waals surface area contributed by atoms with E-state index in [9.17, 15) is 9.59 Å². The molecule has 1 aliphatic rings. The quantitative estimate of drug-likeness (QED) is 0.871. The number of methoxy groups -OCH3 is 1. The molecule has 6 nitrogen and oxygen atoms in total. The minimum atomic E-state index is -0.575. The smallest absolute Gasteiger partial charge is 0.294 e. The van der Waals surface area contributed by atoms with E-state index < -0.39 is 11.8 Å². The van der Waals surface area contributed by atoms with E-state index in [0.717, 1.165) is 0 Å². The number of nitrogens with one attached hydrogen (secondary N) is 1. The lowest BCUT2D eigenvalue weighted by Crippen LogP contribution is -2.21. The first-order valence-corrected chi connectivity index (χ1v) is 6.91. The third-order valence-corrected chi connectivity index (χ3v) is 3.37. The molecular formula is C13H13N3O3S. The summed E-state index contributed by atoms with van der Waals surface area (Å²) in [5, 5.41) is 3.00. The van der Waals surface area contributed by atoms with Crippen LogP contribution in [0.1, 0.15) is 0 Å². The summed E-state index contributed by atoms with van der Waals surface area (Å²) in [4.78, 5) is 27.3. The van der Waals surface area contributed by atoms with Gasteiger partial charge in [-0.2, -0.15) is 0 Å². The van der Waals surface area contributed by atoms with Crippen molar-refractivity contribution in [1.82, 2.24) is 0 Å². The van der Waals surface area contributed by atoms with Crippen molar-refractivity contribution >= 4 is 34.3 Å². The standard InChI is InChI=1S/C13H13N3O3S/c1-19-8-5-3-7(4-6-8)15-11(17)9-10(14)12(18)16-13(9)20-2/h3-6H,1-2H3,(H,15,17)(H2,14,16,18). The van der Waals surface area contributed by atoms with E-state index in [2.05, 4.69) is 10.3 Å². The van der Waals surface area contributed by atoms with Gasteiger partial charge in [-0.3, -0.25) is 9.59 Å². The fourth-order valence-corrected chi connectivity index (χ4v) is 2.25. The number of anilines is 1. The maximum Gasteiger partial charge on any atom is 0.294 e. The first-order chi connectivity index (χ1) is 9.56. The monoisotopic (exact) mass is 291 g/mol. The maximum atomic E-state index is 12.2. The van der Waals surface area contributed by atoms with Crippen molar-refractivity contribution in [2.24, 2.45) is 10.7 Å². The fraction of sp³-hybridized carbons (Fsp3) is 0.154. The van der Waals surface area contributed by atoms with Gasteiger partial charge in [-0.1, -0.05) is 0 Å². The summed E-state index contributed by atoms with van der Waals surface area (Å²) in [6.45, 7) is 0. The Hall–Kier alpha value is -2.28. The van der Waals surface area contributed by atoms with Crippen LogP contribution in [0.4, 0.5) is 5.69 Å². The van der Waals surface area contributed by atoms with Gasteiger partial charge in [0.05, 0.1) is 7.11 Å². The van der Waals surface area contributed by atoms with Crippen molar-refractivity contribution in [1.29, 1.82) is 0 Å². The van der Waals surface area contributed by atoms with Gasteiger partial charge in [0.25, 0.3) is 11.8 Å². The highest BCUT2D eigenvalue weighted by atomic mass is 32.2. The molecule has 2 amide bonds. The lowest BCUT2D eigenvalue weighted by atomic mass is 10.2. The largest absolute Gasteiger partial charge is 0.497 e. The van der Waals surface area contributed by atoms with E-state index in [0.29, 0.717) is 16.5 Å². The van der Waals surface area contributed by atoms with Crippen molar-refractivity contribution in [3.8, 4) is 5.75 Å². The third-order valence-electron chi connectivity index (χ3n) is 2.68. The Balaban J connectivity index is 2.19. The molecule has 0 saturated heterocycles. The van der Waals surface area contributed by atoms with Gasteiger partial charge < -0.3 is 15.8 Å². The second kappa shape index (κ2) is 5.79. The number of amides is 2. The summed E-state index contributed by atoms with van der Waals surface area (Å²) in [7, 11) is 1.56. The van der Waals surface area contributed by atoms with Gasteiger partial charge in [0, 0.05) is 5.69 Å². The topological polar surface area (TPSA) is 93.8 Å². The number of aliphatic imine (C=N–C) groups is 1. The highest BCUT2D eigenvalue weighted by Crippen LogP contribution is 2.22. The Bertz CT molecular complexity index is 620. The van der Waals surface area contributed by atoms with Crippen LogP contribution >= 0.6 is 11.8 Å². The van der Waals surface area contributed by atoms with Gasteiger partial charge in [0.2, 0.25) is 0 Å². The van der Waals surface area contributed by atoms with E-state index in [1.54, 1.807) is 37.6 Å². The molecule has 0 atom stereocenters. The van der Waals surface area contributed by atoms with Crippen LogP contribution in [0, 0.1) is 0 Å². The Kier molecular flexibility index (Phi) is 4.09. The summed E-state index contributed by atoms with van der Waals surface area (Å²) in [5.41, 5.74) is 6.19. The molecular weight excluding hydrogens is 278 g/mol. The van der Waals surface area contributed by atoms with Crippen molar-refractivity contribution in [2.75, 3.05) is 18.7 Å². The molecule has 1 aromatic rings. The number of carbonyl (C=O) groups is 2. The van der Waals surface area contributed by atoms with Crippen LogP contribution in [-0.2, 0) is 9.59 Å². The minimum Gasteiger partial charge on any atom is -0.497 e. The number of hydrogen-bond donors (Lipinski definition) is 2. The lowest BCUT2D eigenvalue weighted by Gasteiger charge is -2.08. The Morgan fingerprint density at radius 1 is 1.35 bits per heavy atom. The molecule has 7 heteroatoms. The number of nitrogens with two attached hydrogens (primary N) is 1. The van der Waals surface area contributed by atoms with Gasteiger partial charge in [0.1, 0.15) is 22.1 Å². The number of nitrogens with zero attached hydrogens (tertiary/aromatic N) is 1. The Morgan fingerprint density at radius 3 is 2.55 bits per heavy atom. The summed E-state index contributed by atoms with van der Waals surface area (Å²) in [6, 6.07) is 6.83. The lowest BCUT2D eigenvalue weighted by molar-refractivity contribution is -0.115. The zero-order chi connectivity index (χ0) is 14.7. The second-order valence-electron chi connectivity index (χ2n) is 3.90. The molecule has 0 fully saturated rings. The van der Waals surface area contributed by atoms with Crippen LogP contribution in [-0.4, -0.2) is 30.2 Å². The highest BCUT2D eigenvalue weighted by molar-refractivity contribution is 8.14. The summed E-state index contributed by atoms with van der Waals surface area (Å²) >= 11 is 1.20. The predicted octanol–water partition coefficient (Wildman–Crippen LogP) is 1.15. The van der Waals surface area contributed by atoms with Gasteiger partial charge in [-0.15, -0.1) is 11.8 Å². The number of ether oxygens (including phenoxy) is 1. The van der Waals surface area contributed by atoms with Crippen molar-refractivity contribution in [3.63, 3.8) is 0 Å². The van der Waals surface area contributed by atoms with Gasteiger partial charge in [0.15, 0.2) is 0 Å². The van der Waals surface area contributed by atoms with Gasteiger partial charge in [-0.25, -0.2) is 4.99 Å². The van der Waals surface area contributed by atoms with E-state index >= 15 is 0 Å². The first-order valence-electron chi connectivity index (χ1n) is 5.69. The van der Waals surface area contributed by atoms with Crippen LogP contribution in [0.2, 0.25) is 0 Å². The van der Waals surface area contributed by atoms with Crippen LogP contribution in [0.5, 0.6) is 5.75 Å². The average Bonchev–Trinajstić information content (AvgIpc) is 2.75. The summed E-state index contributed by atoms with van der Waals surface area (Å²) < 4.78 is 5.03. The van der Waals surface area contributed by atoms with E-state index in [4.69, 9.17) is 10.5 Å². The molecule has 1 aliphatic heterocycles. The fourth-order valence-electron chi connectivity index (χ4n) is 1.67. The molecule has 1 aromatic carbocycles. The summed E-state index contributed by atoms with van der Waals surface area (Å²) in [6.07, 6.45) is 1.73. The molecule has 1 heterocycles. The molecule has 104 valence electrons. The molecule has 0 aromatic heterocycles. The molecule has 0 radical (unpaired) electrons. The van der Waals surface area contributed by atoms with Crippen LogP contribution in [0.25, 0.3) is 0 Å². The summed E-state index contributed by atoms with van der Waals surface area (Å²) in [5.74, 6) is -0.343.